The molecule has 1 rings (SSSR count). The van der Waals surface area contributed by atoms with Crippen LogP contribution in [0.5, 0.6) is 0 Å². The van der Waals surface area contributed by atoms with Gasteiger partial charge in [0.05, 0.1) is 0 Å². The third kappa shape index (κ3) is 4.88. The third-order valence-corrected chi connectivity index (χ3v) is 3.00. The molecule has 0 aromatic heterocycles. The molecule has 1 aromatic rings. The molecule has 100 valence electrons. The Hall–Kier alpha value is -1.35. The normalized spacial score (nSPS) is 12.2. The van der Waals surface area contributed by atoms with E-state index in [0.29, 0.717) is 6.54 Å². The summed E-state index contributed by atoms with van der Waals surface area (Å²) in [6.45, 7) is 4.81. The maximum absolute atomic E-state index is 11.8. The number of carbonyl (C=O) groups excluding carboxylic acids is 1. The molecule has 0 bridgehead atoms. The van der Waals surface area contributed by atoms with Gasteiger partial charge in [-0.2, -0.15) is 0 Å². The van der Waals surface area contributed by atoms with Gasteiger partial charge in [-0.1, -0.05) is 32.4 Å². The summed E-state index contributed by atoms with van der Waals surface area (Å²) in [6.07, 6.45) is 3.53. The van der Waals surface area contributed by atoms with Crippen LogP contribution < -0.4 is 10.6 Å². The Morgan fingerprint density at radius 3 is 2.50 bits per heavy atom. The second kappa shape index (κ2) is 7.88. The summed E-state index contributed by atoms with van der Waals surface area (Å²) in [7, 11) is 1.85. The Kier molecular flexibility index (Phi) is 6.44. The molecule has 1 unspecified atom stereocenters. The Morgan fingerprint density at radius 1 is 1.28 bits per heavy atom. The zero-order valence-electron chi connectivity index (χ0n) is 11.6. The number of nitrogens with one attached hydrogen (secondary N) is 2. The van der Waals surface area contributed by atoms with Crippen molar-refractivity contribution in [2.75, 3.05) is 18.9 Å². The van der Waals surface area contributed by atoms with E-state index < -0.39 is 0 Å². The average Bonchev–Trinajstić information content (AvgIpc) is 2.38. The maximum atomic E-state index is 11.8. The number of amides is 1. The highest BCUT2D eigenvalue weighted by molar-refractivity contribution is 5.92. The third-order valence-electron chi connectivity index (χ3n) is 3.00. The van der Waals surface area contributed by atoms with E-state index in [1.54, 1.807) is 0 Å². The number of hydrogen-bond donors (Lipinski definition) is 2. The van der Waals surface area contributed by atoms with E-state index in [4.69, 9.17) is 0 Å². The quantitative estimate of drug-likeness (QED) is 0.779. The Balaban J connectivity index is 2.50. The maximum Gasteiger partial charge on any atom is 0.228 e. The van der Waals surface area contributed by atoms with Crippen LogP contribution in [0, 0.1) is 5.92 Å². The van der Waals surface area contributed by atoms with Crippen LogP contribution in [-0.4, -0.2) is 19.5 Å². The summed E-state index contributed by atoms with van der Waals surface area (Å²) in [5, 5.41) is 5.94. The van der Waals surface area contributed by atoms with Crippen molar-refractivity contribution in [3.05, 3.63) is 29.8 Å². The molecule has 0 aliphatic carbocycles. The molecule has 0 spiro atoms. The first-order valence-electron chi connectivity index (χ1n) is 6.71. The number of anilines is 1. The number of hydrogen-bond acceptors (Lipinski definition) is 2. The van der Waals surface area contributed by atoms with Gasteiger partial charge in [-0.15, -0.1) is 0 Å². The van der Waals surface area contributed by atoms with Gasteiger partial charge in [0.1, 0.15) is 0 Å². The minimum Gasteiger partial charge on any atom is -0.326 e. The molecule has 1 atom stereocenters. The fourth-order valence-corrected chi connectivity index (χ4v) is 1.80. The molecule has 0 fully saturated rings. The van der Waals surface area contributed by atoms with Gasteiger partial charge < -0.3 is 10.6 Å². The second-order valence-electron chi connectivity index (χ2n) is 4.75. The molecule has 3 heteroatoms. The smallest absolute Gasteiger partial charge is 0.228 e. The number of benzene rings is 1. The number of carbonyl (C=O) groups is 1. The molecule has 1 aromatic carbocycles. The fourth-order valence-electron chi connectivity index (χ4n) is 1.80. The van der Waals surface area contributed by atoms with Crippen molar-refractivity contribution in [3.63, 3.8) is 0 Å². The Labute approximate surface area is 110 Å². The lowest BCUT2D eigenvalue weighted by Crippen LogP contribution is -2.28. The van der Waals surface area contributed by atoms with Gasteiger partial charge in [0, 0.05) is 18.2 Å². The minimum atomic E-state index is -0.0187. The molecule has 0 heterocycles. The lowest BCUT2D eigenvalue weighted by atomic mass is 10.1. The molecule has 18 heavy (non-hydrogen) atoms. The highest BCUT2D eigenvalue weighted by Crippen LogP contribution is 2.12. The summed E-state index contributed by atoms with van der Waals surface area (Å²) >= 11 is 0. The van der Waals surface area contributed by atoms with Crippen LogP contribution in [0.4, 0.5) is 5.69 Å². The van der Waals surface area contributed by atoms with Gasteiger partial charge in [-0.3, -0.25) is 4.79 Å². The standard InChI is InChI=1S/C15H24N2O/c1-4-5-6-13-7-9-14(10-8-13)17-15(18)12(2)11-16-3/h7-10,12,16H,4-6,11H2,1-3H3,(H,17,18). The molecular weight excluding hydrogens is 224 g/mol. The molecule has 0 aliphatic rings. The van der Waals surface area contributed by atoms with Crippen LogP contribution in [0.1, 0.15) is 32.3 Å². The molecule has 0 saturated heterocycles. The van der Waals surface area contributed by atoms with Crippen LogP contribution in [0.25, 0.3) is 0 Å². The first-order chi connectivity index (χ1) is 8.67. The Morgan fingerprint density at radius 2 is 1.94 bits per heavy atom. The molecule has 0 radical (unpaired) electrons. The van der Waals surface area contributed by atoms with Crippen molar-refractivity contribution in [2.24, 2.45) is 5.92 Å². The van der Waals surface area contributed by atoms with Crippen molar-refractivity contribution < 1.29 is 4.79 Å². The van der Waals surface area contributed by atoms with E-state index in [0.717, 1.165) is 12.1 Å². The highest BCUT2D eigenvalue weighted by Gasteiger charge is 2.11. The topological polar surface area (TPSA) is 41.1 Å². The summed E-state index contributed by atoms with van der Waals surface area (Å²) in [5.74, 6) is 0.0421. The van der Waals surface area contributed by atoms with E-state index in [9.17, 15) is 4.79 Å². The predicted molar refractivity (Wildman–Crippen MR) is 76.8 cm³/mol. The lowest BCUT2D eigenvalue weighted by molar-refractivity contribution is -0.119. The Bertz CT molecular complexity index is 359. The molecule has 2 N–H and O–H groups in total. The van der Waals surface area contributed by atoms with Gasteiger partial charge >= 0.3 is 0 Å². The van der Waals surface area contributed by atoms with Crippen molar-refractivity contribution >= 4 is 11.6 Å². The molecular formula is C15H24N2O. The molecule has 1 amide bonds. The van der Waals surface area contributed by atoms with E-state index in [1.807, 2.05) is 26.1 Å². The molecule has 3 nitrogen and oxygen atoms in total. The summed E-state index contributed by atoms with van der Waals surface area (Å²) < 4.78 is 0. The van der Waals surface area contributed by atoms with E-state index in [-0.39, 0.29) is 11.8 Å². The van der Waals surface area contributed by atoms with Crippen molar-refractivity contribution in [2.45, 2.75) is 33.1 Å². The summed E-state index contributed by atoms with van der Waals surface area (Å²) in [5.41, 5.74) is 2.21. The molecule has 0 aliphatic heterocycles. The van der Waals surface area contributed by atoms with Crippen molar-refractivity contribution in [1.29, 1.82) is 0 Å². The summed E-state index contributed by atoms with van der Waals surface area (Å²) in [6, 6.07) is 8.14. The average molecular weight is 248 g/mol. The largest absolute Gasteiger partial charge is 0.326 e. The van der Waals surface area contributed by atoms with Crippen LogP contribution in [0.2, 0.25) is 0 Å². The van der Waals surface area contributed by atoms with Gasteiger partial charge in [-0.25, -0.2) is 0 Å². The number of rotatable bonds is 7. The minimum absolute atomic E-state index is 0.0187. The van der Waals surface area contributed by atoms with Crippen LogP contribution >= 0.6 is 0 Å². The number of unbranched alkanes of at least 4 members (excludes halogenated alkanes) is 1. The summed E-state index contributed by atoms with van der Waals surface area (Å²) in [4.78, 5) is 11.8. The van der Waals surface area contributed by atoms with Gasteiger partial charge in [0.25, 0.3) is 0 Å². The number of aryl methyl sites for hydroxylation is 1. The van der Waals surface area contributed by atoms with Gasteiger partial charge in [0.2, 0.25) is 5.91 Å². The molecule has 0 saturated carbocycles. The highest BCUT2D eigenvalue weighted by atomic mass is 16.1. The van der Waals surface area contributed by atoms with E-state index in [2.05, 4.69) is 29.7 Å². The van der Waals surface area contributed by atoms with Crippen molar-refractivity contribution in [3.8, 4) is 0 Å². The zero-order chi connectivity index (χ0) is 13.4. The fraction of sp³-hybridized carbons (Fsp3) is 0.533. The van der Waals surface area contributed by atoms with Gasteiger partial charge in [-0.05, 0) is 37.6 Å². The van der Waals surface area contributed by atoms with Crippen molar-refractivity contribution in [1.82, 2.24) is 5.32 Å². The first-order valence-corrected chi connectivity index (χ1v) is 6.71. The first kappa shape index (κ1) is 14.7. The van der Waals surface area contributed by atoms with E-state index in [1.165, 1.54) is 18.4 Å². The van der Waals surface area contributed by atoms with Crippen LogP contribution in [0.3, 0.4) is 0 Å². The lowest BCUT2D eigenvalue weighted by Gasteiger charge is -2.11. The van der Waals surface area contributed by atoms with Crippen LogP contribution in [0.15, 0.2) is 24.3 Å². The van der Waals surface area contributed by atoms with E-state index >= 15 is 0 Å². The SMILES string of the molecule is CCCCc1ccc(NC(=O)C(C)CNC)cc1. The van der Waals surface area contributed by atoms with Gasteiger partial charge in [0.15, 0.2) is 0 Å². The second-order valence-corrected chi connectivity index (χ2v) is 4.75. The predicted octanol–water partition coefficient (Wildman–Crippen LogP) is 2.82. The monoisotopic (exact) mass is 248 g/mol. The van der Waals surface area contributed by atoms with Crippen LogP contribution in [-0.2, 0) is 11.2 Å². The zero-order valence-corrected chi connectivity index (χ0v) is 11.6.